The van der Waals surface area contributed by atoms with Gasteiger partial charge < -0.3 is 15.0 Å². The molecule has 0 heterocycles. The van der Waals surface area contributed by atoms with Gasteiger partial charge in [0.1, 0.15) is 12.4 Å². The van der Waals surface area contributed by atoms with Gasteiger partial charge in [0.2, 0.25) is 0 Å². The summed E-state index contributed by atoms with van der Waals surface area (Å²) in [6.07, 6.45) is 1.15. The standard InChI is InChI=1S/C20H28N2O/c1-17-8-6-9-18(14-17)16-23-20-11-5-4-10-19(20)15-21-12-7-13-22(2)3/h4-6,8-11,14,21H,7,12-13,15-16H2,1-3H3. The minimum absolute atomic E-state index is 0.610. The van der Waals surface area contributed by atoms with E-state index in [0.717, 1.165) is 31.8 Å². The van der Waals surface area contributed by atoms with E-state index < -0.39 is 0 Å². The van der Waals surface area contributed by atoms with E-state index >= 15 is 0 Å². The molecule has 2 rings (SSSR count). The van der Waals surface area contributed by atoms with Crippen molar-refractivity contribution in [2.45, 2.75) is 26.5 Å². The summed E-state index contributed by atoms with van der Waals surface area (Å²) in [5.74, 6) is 0.967. The number of nitrogens with one attached hydrogen (secondary N) is 1. The molecular formula is C20H28N2O. The zero-order valence-electron chi connectivity index (χ0n) is 14.5. The lowest BCUT2D eigenvalue weighted by molar-refractivity contribution is 0.302. The zero-order valence-corrected chi connectivity index (χ0v) is 14.5. The van der Waals surface area contributed by atoms with Crippen molar-refractivity contribution in [1.29, 1.82) is 0 Å². The van der Waals surface area contributed by atoms with Crippen molar-refractivity contribution in [1.82, 2.24) is 10.2 Å². The summed E-state index contributed by atoms with van der Waals surface area (Å²) in [5, 5.41) is 3.50. The average Bonchev–Trinajstić information content (AvgIpc) is 2.53. The molecule has 2 aromatic rings. The molecule has 0 amide bonds. The first-order valence-electron chi connectivity index (χ1n) is 8.27. The van der Waals surface area contributed by atoms with E-state index in [-0.39, 0.29) is 0 Å². The molecule has 23 heavy (non-hydrogen) atoms. The predicted molar refractivity (Wildman–Crippen MR) is 96.8 cm³/mol. The van der Waals surface area contributed by atoms with E-state index in [9.17, 15) is 0 Å². The summed E-state index contributed by atoms with van der Waals surface area (Å²) in [7, 11) is 4.21. The number of hydrogen-bond donors (Lipinski definition) is 1. The smallest absolute Gasteiger partial charge is 0.124 e. The number of hydrogen-bond acceptors (Lipinski definition) is 3. The third-order valence-corrected chi connectivity index (χ3v) is 3.72. The first-order chi connectivity index (χ1) is 11.1. The molecule has 2 aromatic carbocycles. The molecule has 0 aliphatic carbocycles. The maximum absolute atomic E-state index is 6.03. The average molecular weight is 312 g/mol. The van der Waals surface area contributed by atoms with Crippen molar-refractivity contribution < 1.29 is 4.74 Å². The van der Waals surface area contributed by atoms with Gasteiger partial charge in [0, 0.05) is 12.1 Å². The third kappa shape index (κ3) is 6.43. The quantitative estimate of drug-likeness (QED) is 0.716. The molecule has 0 radical (unpaired) electrons. The molecule has 3 nitrogen and oxygen atoms in total. The van der Waals surface area contributed by atoms with Gasteiger partial charge in [-0.15, -0.1) is 0 Å². The second kappa shape index (κ2) is 9.33. The highest BCUT2D eigenvalue weighted by Crippen LogP contribution is 2.19. The molecule has 0 fully saturated rings. The lowest BCUT2D eigenvalue weighted by atomic mass is 10.1. The second-order valence-corrected chi connectivity index (χ2v) is 6.22. The number of nitrogens with zero attached hydrogens (tertiary/aromatic N) is 1. The highest BCUT2D eigenvalue weighted by molar-refractivity contribution is 5.33. The van der Waals surface area contributed by atoms with Crippen molar-refractivity contribution in [3.05, 3.63) is 65.2 Å². The van der Waals surface area contributed by atoms with E-state index in [1.807, 2.05) is 12.1 Å². The molecule has 0 aliphatic rings. The molecule has 0 spiro atoms. The Kier molecular flexibility index (Phi) is 7.11. The number of aryl methyl sites for hydroxylation is 1. The monoisotopic (exact) mass is 312 g/mol. The molecule has 0 aromatic heterocycles. The van der Waals surface area contributed by atoms with Crippen LogP contribution in [0.3, 0.4) is 0 Å². The lowest BCUT2D eigenvalue weighted by Crippen LogP contribution is -2.21. The lowest BCUT2D eigenvalue weighted by Gasteiger charge is -2.13. The van der Waals surface area contributed by atoms with Crippen molar-refractivity contribution >= 4 is 0 Å². The fourth-order valence-electron chi connectivity index (χ4n) is 2.50. The molecule has 1 N–H and O–H groups in total. The van der Waals surface area contributed by atoms with Crippen LogP contribution in [0.25, 0.3) is 0 Å². The molecule has 0 saturated carbocycles. The molecule has 3 heteroatoms. The molecular weight excluding hydrogens is 284 g/mol. The van der Waals surface area contributed by atoms with Gasteiger partial charge in [-0.05, 0) is 52.2 Å². The van der Waals surface area contributed by atoms with Gasteiger partial charge >= 0.3 is 0 Å². The van der Waals surface area contributed by atoms with Crippen LogP contribution in [-0.4, -0.2) is 32.1 Å². The van der Waals surface area contributed by atoms with Gasteiger partial charge in [0.05, 0.1) is 0 Å². The molecule has 0 saturated heterocycles. The van der Waals surface area contributed by atoms with Gasteiger partial charge in [-0.25, -0.2) is 0 Å². The Morgan fingerprint density at radius 3 is 2.65 bits per heavy atom. The summed E-state index contributed by atoms with van der Waals surface area (Å²) in [6.45, 7) is 5.69. The maximum atomic E-state index is 6.03. The van der Waals surface area contributed by atoms with E-state index in [1.54, 1.807) is 0 Å². The summed E-state index contributed by atoms with van der Waals surface area (Å²) >= 11 is 0. The predicted octanol–water partition coefficient (Wildman–Crippen LogP) is 3.62. The van der Waals surface area contributed by atoms with Crippen LogP contribution >= 0.6 is 0 Å². The summed E-state index contributed by atoms with van der Waals surface area (Å²) < 4.78 is 6.03. The fourth-order valence-corrected chi connectivity index (χ4v) is 2.50. The van der Waals surface area contributed by atoms with E-state index in [1.165, 1.54) is 16.7 Å². The van der Waals surface area contributed by atoms with Crippen LogP contribution in [0.2, 0.25) is 0 Å². The third-order valence-electron chi connectivity index (χ3n) is 3.72. The van der Waals surface area contributed by atoms with Gasteiger partial charge in [-0.1, -0.05) is 48.0 Å². The second-order valence-electron chi connectivity index (χ2n) is 6.22. The van der Waals surface area contributed by atoms with E-state index in [4.69, 9.17) is 4.74 Å². The Hall–Kier alpha value is -1.84. The van der Waals surface area contributed by atoms with Crippen molar-refractivity contribution in [2.75, 3.05) is 27.2 Å². The van der Waals surface area contributed by atoms with Gasteiger partial charge in [-0.2, -0.15) is 0 Å². The normalized spacial score (nSPS) is 11.0. The Bertz CT molecular complexity index is 596. The van der Waals surface area contributed by atoms with Gasteiger partial charge in [0.15, 0.2) is 0 Å². The molecule has 0 bridgehead atoms. The highest BCUT2D eigenvalue weighted by atomic mass is 16.5. The molecule has 124 valence electrons. The SMILES string of the molecule is Cc1cccc(COc2ccccc2CNCCCN(C)C)c1. The summed E-state index contributed by atoms with van der Waals surface area (Å²) in [4.78, 5) is 2.21. The van der Waals surface area contributed by atoms with Gasteiger partial charge in [0.25, 0.3) is 0 Å². The first-order valence-corrected chi connectivity index (χ1v) is 8.27. The molecule has 0 aliphatic heterocycles. The zero-order chi connectivity index (χ0) is 16.5. The minimum atomic E-state index is 0.610. The largest absolute Gasteiger partial charge is 0.489 e. The van der Waals surface area contributed by atoms with Crippen LogP contribution in [0.15, 0.2) is 48.5 Å². The maximum Gasteiger partial charge on any atom is 0.124 e. The number of rotatable bonds is 9. The van der Waals surface area contributed by atoms with Crippen molar-refractivity contribution in [2.24, 2.45) is 0 Å². The topological polar surface area (TPSA) is 24.5 Å². The highest BCUT2D eigenvalue weighted by Gasteiger charge is 2.03. The number of ether oxygens (including phenoxy) is 1. The van der Waals surface area contributed by atoms with Crippen LogP contribution < -0.4 is 10.1 Å². The molecule has 0 unspecified atom stereocenters. The van der Waals surface area contributed by atoms with Crippen LogP contribution in [0.4, 0.5) is 0 Å². The number of benzene rings is 2. The van der Waals surface area contributed by atoms with Gasteiger partial charge in [-0.3, -0.25) is 0 Å². The van der Waals surface area contributed by atoms with E-state index in [0.29, 0.717) is 6.61 Å². The first kappa shape index (κ1) is 17.5. The Morgan fingerprint density at radius 1 is 1.04 bits per heavy atom. The van der Waals surface area contributed by atoms with Crippen LogP contribution in [0.1, 0.15) is 23.1 Å². The van der Waals surface area contributed by atoms with Crippen LogP contribution in [-0.2, 0) is 13.2 Å². The summed E-state index contributed by atoms with van der Waals surface area (Å²) in [5.41, 5.74) is 3.69. The fraction of sp³-hybridized carbons (Fsp3) is 0.400. The van der Waals surface area contributed by atoms with Crippen LogP contribution in [0.5, 0.6) is 5.75 Å². The molecule has 0 atom stereocenters. The van der Waals surface area contributed by atoms with Crippen LogP contribution in [0, 0.1) is 6.92 Å². The number of para-hydroxylation sites is 1. The minimum Gasteiger partial charge on any atom is -0.489 e. The summed E-state index contributed by atoms with van der Waals surface area (Å²) in [6, 6.07) is 16.7. The Balaban J connectivity index is 1.85. The van der Waals surface area contributed by atoms with Crippen molar-refractivity contribution in [3.8, 4) is 5.75 Å². The Morgan fingerprint density at radius 2 is 1.87 bits per heavy atom. The Labute approximate surface area is 140 Å². The van der Waals surface area contributed by atoms with E-state index in [2.05, 4.69) is 67.6 Å². The van der Waals surface area contributed by atoms with Crippen molar-refractivity contribution in [3.63, 3.8) is 0 Å².